The van der Waals surface area contributed by atoms with Crippen molar-refractivity contribution >= 4 is 17.3 Å². The van der Waals surface area contributed by atoms with Crippen molar-refractivity contribution in [2.45, 2.75) is 20.0 Å². The Morgan fingerprint density at radius 2 is 1.68 bits per heavy atom. The predicted octanol–water partition coefficient (Wildman–Crippen LogP) is 1.99. The van der Waals surface area contributed by atoms with E-state index in [-0.39, 0.29) is 31.0 Å². The number of carbonyl (C=O) groups is 1. The number of para-hydroxylation sites is 2. The van der Waals surface area contributed by atoms with Crippen LogP contribution >= 0.6 is 0 Å². The molecule has 0 aliphatic rings. The Morgan fingerprint density at radius 1 is 1.03 bits per heavy atom. The Hall–Kier alpha value is -3.81. The molecule has 162 valence electrons. The van der Waals surface area contributed by atoms with Gasteiger partial charge in [0.15, 0.2) is 5.78 Å². The summed E-state index contributed by atoms with van der Waals surface area (Å²) in [5.74, 6) is 0.00712. The molecule has 8 heteroatoms. The van der Waals surface area contributed by atoms with Gasteiger partial charge in [0, 0.05) is 13.6 Å². The highest BCUT2D eigenvalue weighted by Gasteiger charge is 2.24. The van der Waals surface area contributed by atoms with E-state index >= 15 is 0 Å². The Morgan fingerprint density at radius 3 is 2.32 bits per heavy atom. The zero-order valence-electron chi connectivity index (χ0n) is 17.9. The summed E-state index contributed by atoms with van der Waals surface area (Å²) in [5, 5.41) is 0. The lowest BCUT2D eigenvalue weighted by Crippen LogP contribution is -2.45. The number of aromatic nitrogens is 2. The van der Waals surface area contributed by atoms with Gasteiger partial charge in [-0.15, -0.1) is 0 Å². The minimum Gasteiger partial charge on any atom is -0.495 e. The fourth-order valence-corrected chi connectivity index (χ4v) is 3.50. The normalized spacial score (nSPS) is 10.7. The number of rotatable bonds is 8. The number of nitrogens with zero attached hydrogens (tertiary/aromatic N) is 3. The van der Waals surface area contributed by atoms with E-state index in [2.05, 4.69) is 0 Å². The van der Waals surface area contributed by atoms with Crippen LogP contribution in [0.15, 0.2) is 64.2 Å². The predicted molar refractivity (Wildman–Crippen MR) is 121 cm³/mol. The quantitative estimate of drug-likeness (QED) is 0.558. The molecule has 0 unspecified atom stereocenters. The summed E-state index contributed by atoms with van der Waals surface area (Å²) >= 11 is 0. The van der Waals surface area contributed by atoms with Crippen molar-refractivity contribution in [1.82, 2.24) is 9.13 Å². The molecule has 0 bridgehead atoms. The van der Waals surface area contributed by atoms with Crippen LogP contribution in [0.25, 0.3) is 0 Å². The number of Topliss-reactive ketones (excluding diaryl/α,β-unsaturated/α-hetero) is 1. The first-order valence-corrected chi connectivity index (χ1v) is 9.93. The van der Waals surface area contributed by atoms with Crippen LogP contribution in [0.3, 0.4) is 0 Å². The number of methoxy groups -OCH3 is 1. The molecule has 3 aromatic rings. The molecule has 3 rings (SSSR count). The molecule has 0 radical (unpaired) electrons. The molecule has 8 nitrogen and oxygen atoms in total. The monoisotopic (exact) mass is 422 g/mol. The van der Waals surface area contributed by atoms with Gasteiger partial charge in [-0.1, -0.05) is 42.5 Å². The lowest BCUT2D eigenvalue weighted by molar-refractivity contribution is 0.0998. The molecule has 0 aliphatic heterocycles. The van der Waals surface area contributed by atoms with Crippen molar-refractivity contribution < 1.29 is 9.53 Å². The molecule has 1 aromatic heterocycles. The van der Waals surface area contributed by atoms with Gasteiger partial charge in [0.2, 0.25) is 0 Å². The van der Waals surface area contributed by atoms with Gasteiger partial charge in [0.25, 0.3) is 5.56 Å². The number of benzene rings is 2. The van der Waals surface area contributed by atoms with Gasteiger partial charge in [-0.25, -0.2) is 4.79 Å². The van der Waals surface area contributed by atoms with Crippen LogP contribution in [0, 0.1) is 0 Å². The fraction of sp³-hybridized carbons (Fsp3) is 0.261. The van der Waals surface area contributed by atoms with E-state index in [4.69, 9.17) is 10.5 Å². The number of likely N-dealkylation sites (N-methyl/N-ethyl adjacent to an activating group) is 1. The van der Waals surface area contributed by atoms with Crippen molar-refractivity contribution in [1.29, 1.82) is 0 Å². The Labute approximate surface area is 180 Å². The highest BCUT2D eigenvalue weighted by atomic mass is 16.5. The summed E-state index contributed by atoms with van der Waals surface area (Å²) in [4.78, 5) is 40.6. The molecule has 0 saturated heterocycles. The largest absolute Gasteiger partial charge is 0.495 e. The van der Waals surface area contributed by atoms with Crippen LogP contribution < -0.4 is 26.6 Å². The first-order chi connectivity index (χ1) is 14.9. The minimum absolute atomic E-state index is 0.104. The standard InChI is InChI=1S/C23H26N4O4/c1-4-26-22(29)20(18(28)15-25(2)17-12-8-9-13-19(17)31-3)21(24)27(23(26)30)14-16-10-6-5-7-11-16/h5-13H,4,14-15,24H2,1-3H3. The topological polar surface area (TPSA) is 99.6 Å². The zero-order chi connectivity index (χ0) is 22.5. The summed E-state index contributed by atoms with van der Waals surface area (Å²) in [7, 11) is 3.27. The van der Waals surface area contributed by atoms with Gasteiger partial charge >= 0.3 is 5.69 Å². The van der Waals surface area contributed by atoms with E-state index in [9.17, 15) is 14.4 Å². The number of hydrogen-bond donors (Lipinski definition) is 1. The van der Waals surface area contributed by atoms with E-state index in [0.29, 0.717) is 11.4 Å². The number of nitrogens with two attached hydrogens (primary N) is 1. The SMILES string of the molecule is CCn1c(=O)c(C(=O)CN(C)c2ccccc2OC)c(N)n(Cc2ccccc2)c1=O. The average molecular weight is 422 g/mol. The molecule has 0 spiro atoms. The first kappa shape index (κ1) is 21.9. The Kier molecular flexibility index (Phi) is 6.59. The number of hydrogen-bond acceptors (Lipinski definition) is 6. The van der Waals surface area contributed by atoms with Gasteiger partial charge in [-0.3, -0.25) is 18.7 Å². The Balaban J connectivity index is 2.03. The highest BCUT2D eigenvalue weighted by Crippen LogP contribution is 2.26. The maximum Gasteiger partial charge on any atom is 0.332 e. The van der Waals surface area contributed by atoms with Gasteiger partial charge in [0.05, 0.1) is 25.9 Å². The first-order valence-electron chi connectivity index (χ1n) is 9.93. The van der Waals surface area contributed by atoms with Crippen LogP contribution in [0.2, 0.25) is 0 Å². The number of nitrogen functional groups attached to an aromatic ring is 1. The van der Waals surface area contributed by atoms with Crippen LogP contribution in [0.4, 0.5) is 11.5 Å². The van der Waals surface area contributed by atoms with Gasteiger partial charge in [-0.2, -0.15) is 0 Å². The minimum atomic E-state index is -0.673. The maximum absolute atomic E-state index is 13.2. The second-order valence-corrected chi connectivity index (χ2v) is 7.12. The van der Waals surface area contributed by atoms with Crippen molar-refractivity contribution in [3.63, 3.8) is 0 Å². The third-order valence-corrected chi connectivity index (χ3v) is 5.12. The van der Waals surface area contributed by atoms with Crippen molar-refractivity contribution in [2.75, 3.05) is 31.3 Å². The summed E-state index contributed by atoms with van der Waals surface area (Å²) < 4.78 is 7.66. The van der Waals surface area contributed by atoms with Crippen molar-refractivity contribution in [3.8, 4) is 5.75 Å². The molecule has 2 aromatic carbocycles. The van der Waals surface area contributed by atoms with Crippen LogP contribution in [0.1, 0.15) is 22.8 Å². The molecule has 31 heavy (non-hydrogen) atoms. The second-order valence-electron chi connectivity index (χ2n) is 7.12. The summed E-state index contributed by atoms with van der Waals surface area (Å²) in [6.45, 7) is 1.87. The third kappa shape index (κ3) is 4.37. The molecular formula is C23H26N4O4. The molecule has 0 saturated carbocycles. The third-order valence-electron chi connectivity index (χ3n) is 5.12. The van der Waals surface area contributed by atoms with E-state index in [1.807, 2.05) is 48.5 Å². The van der Waals surface area contributed by atoms with Gasteiger partial charge in [0.1, 0.15) is 17.1 Å². The molecule has 0 amide bonds. The van der Waals surface area contributed by atoms with E-state index < -0.39 is 17.0 Å². The van der Waals surface area contributed by atoms with Crippen LogP contribution in [-0.2, 0) is 13.1 Å². The summed E-state index contributed by atoms with van der Waals surface area (Å²) in [5.41, 5.74) is 6.35. The van der Waals surface area contributed by atoms with E-state index in [1.165, 1.54) is 4.57 Å². The molecule has 0 fully saturated rings. The average Bonchev–Trinajstić information content (AvgIpc) is 2.77. The fourth-order valence-electron chi connectivity index (χ4n) is 3.50. The van der Waals surface area contributed by atoms with Crippen LogP contribution in [0.5, 0.6) is 5.75 Å². The molecule has 1 heterocycles. The molecule has 2 N–H and O–H groups in total. The van der Waals surface area contributed by atoms with Gasteiger partial charge in [-0.05, 0) is 24.6 Å². The lowest BCUT2D eigenvalue weighted by atomic mass is 10.1. The molecule has 0 atom stereocenters. The smallest absolute Gasteiger partial charge is 0.332 e. The van der Waals surface area contributed by atoms with Gasteiger partial charge < -0.3 is 15.4 Å². The highest BCUT2D eigenvalue weighted by molar-refractivity contribution is 6.02. The lowest BCUT2D eigenvalue weighted by Gasteiger charge is -2.22. The Bertz CT molecular complexity index is 1200. The van der Waals surface area contributed by atoms with E-state index in [0.717, 1.165) is 10.1 Å². The maximum atomic E-state index is 13.2. The van der Waals surface area contributed by atoms with Crippen molar-refractivity contribution in [3.05, 3.63) is 86.6 Å². The number of ketones is 1. The summed E-state index contributed by atoms with van der Waals surface area (Å²) in [6.07, 6.45) is 0. The number of anilines is 2. The zero-order valence-corrected chi connectivity index (χ0v) is 17.9. The number of carbonyl (C=O) groups excluding carboxylic acids is 1. The van der Waals surface area contributed by atoms with Crippen LogP contribution in [-0.4, -0.2) is 35.6 Å². The molecular weight excluding hydrogens is 396 g/mol. The van der Waals surface area contributed by atoms with E-state index in [1.54, 1.807) is 32.0 Å². The number of ether oxygens (including phenoxy) is 1. The van der Waals surface area contributed by atoms with Crippen molar-refractivity contribution in [2.24, 2.45) is 0 Å². The molecule has 0 aliphatic carbocycles. The summed E-state index contributed by atoms with van der Waals surface area (Å²) in [6, 6.07) is 16.5. The second kappa shape index (κ2) is 9.34.